The van der Waals surface area contributed by atoms with Gasteiger partial charge in [0.1, 0.15) is 0 Å². The largest absolute Gasteiger partial charge is 0.389 e. The van der Waals surface area contributed by atoms with Gasteiger partial charge in [-0.25, -0.2) is 0 Å². The van der Waals surface area contributed by atoms with Crippen LogP contribution < -0.4 is 0 Å². The summed E-state index contributed by atoms with van der Waals surface area (Å²) in [6.45, 7) is 7.28. The molecule has 4 fully saturated rings. The molecule has 1 atom stereocenters. The zero-order valence-corrected chi connectivity index (χ0v) is 14.3. The Labute approximate surface area is 131 Å². The van der Waals surface area contributed by atoms with Crippen LogP contribution in [0.1, 0.15) is 52.4 Å². The molecule has 0 spiro atoms. The lowest BCUT2D eigenvalue weighted by atomic mass is 9.56. The number of likely N-dealkylation sites (N-methyl/N-ethyl adjacent to an activating group) is 1. The molecule has 4 saturated carbocycles. The maximum absolute atomic E-state index is 9.32. The van der Waals surface area contributed by atoms with Crippen LogP contribution in [0.4, 0.5) is 0 Å². The highest BCUT2D eigenvalue weighted by molar-refractivity contribution is 4.92. The van der Waals surface area contributed by atoms with Gasteiger partial charge in [-0.15, -0.1) is 0 Å². The van der Waals surface area contributed by atoms with Gasteiger partial charge in [0.2, 0.25) is 0 Å². The van der Waals surface area contributed by atoms with Crippen molar-refractivity contribution >= 4 is 0 Å². The maximum atomic E-state index is 9.32. The van der Waals surface area contributed by atoms with Gasteiger partial charge in [0.05, 0.1) is 12.7 Å². The van der Waals surface area contributed by atoms with Gasteiger partial charge >= 0.3 is 0 Å². The highest BCUT2D eigenvalue weighted by atomic mass is 16.5. The number of hydrogen-bond donors (Lipinski definition) is 1. The lowest BCUT2D eigenvalue weighted by molar-refractivity contribution is 0.0198. The summed E-state index contributed by atoms with van der Waals surface area (Å²) in [6.07, 6.45) is 9.28. The Bertz CT molecular complexity index is 234. The second-order valence-corrected chi connectivity index (χ2v) is 7.47. The van der Waals surface area contributed by atoms with E-state index in [1.54, 1.807) is 45.6 Å². The molecule has 0 aliphatic heterocycles. The van der Waals surface area contributed by atoms with Crippen molar-refractivity contribution in [1.29, 1.82) is 0 Å². The molecule has 0 amide bonds. The summed E-state index contributed by atoms with van der Waals surface area (Å²) < 4.78 is 4.82. The van der Waals surface area contributed by atoms with Gasteiger partial charge in [-0.1, -0.05) is 13.8 Å². The SMILES string of the molecule is C1C2CC3CC1CC(C2)C3.CCN(CC)CC(O)COC. The average molecular weight is 297 g/mol. The van der Waals surface area contributed by atoms with E-state index in [4.69, 9.17) is 4.74 Å². The second-order valence-electron chi connectivity index (χ2n) is 7.47. The minimum Gasteiger partial charge on any atom is -0.389 e. The normalized spacial score (nSPS) is 34.7. The van der Waals surface area contributed by atoms with Crippen molar-refractivity contribution in [2.24, 2.45) is 23.7 Å². The minimum atomic E-state index is -0.347. The molecule has 0 heterocycles. The Morgan fingerprint density at radius 2 is 1.29 bits per heavy atom. The highest BCUT2D eigenvalue weighted by Gasteiger charge is 2.41. The van der Waals surface area contributed by atoms with Crippen molar-refractivity contribution in [3.05, 3.63) is 0 Å². The number of methoxy groups -OCH3 is 1. The third-order valence-corrected chi connectivity index (χ3v) is 5.72. The Morgan fingerprint density at radius 3 is 1.57 bits per heavy atom. The van der Waals surface area contributed by atoms with Crippen molar-refractivity contribution < 1.29 is 9.84 Å². The number of aliphatic hydroxyl groups excluding tert-OH is 1. The monoisotopic (exact) mass is 297 g/mol. The highest BCUT2D eigenvalue weighted by Crippen LogP contribution is 2.53. The molecule has 3 heteroatoms. The first kappa shape index (κ1) is 17.2. The Morgan fingerprint density at radius 1 is 0.905 bits per heavy atom. The van der Waals surface area contributed by atoms with E-state index >= 15 is 0 Å². The first-order valence-corrected chi connectivity index (χ1v) is 9.03. The smallest absolute Gasteiger partial charge is 0.0900 e. The van der Waals surface area contributed by atoms with Crippen LogP contribution in [-0.2, 0) is 4.74 Å². The molecule has 0 radical (unpaired) electrons. The molecule has 0 saturated heterocycles. The van der Waals surface area contributed by atoms with Crippen LogP contribution in [-0.4, -0.2) is 49.5 Å². The van der Waals surface area contributed by atoms with Gasteiger partial charge in [-0.2, -0.15) is 0 Å². The number of ether oxygens (including phenoxy) is 1. The van der Waals surface area contributed by atoms with E-state index in [1.807, 2.05) is 0 Å². The van der Waals surface area contributed by atoms with Gasteiger partial charge < -0.3 is 14.7 Å². The molecule has 0 aromatic rings. The lowest BCUT2D eigenvalue weighted by Crippen LogP contribution is -2.38. The second kappa shape index (κ2) is 8.50. The van der Waals surface area contributed by atoms with E-state index in [9.17, 15) is 5.11 Å². The van der Waals surface area contributed by atoms with Gasteiger partial charge in [0.15, 0.2) is 0 Å². The number of rotatable bonds is 6. The summed E-state index contributed by atoms with van der Waals surface area (Å²) in [5, 5.41) is 9.32. The minimum absolute atomic E-state index is 0.347. The van der Waals surface area contributed by atoms with Crippen molar-refractivity contribution in [2.45, 2.75) is 58.5 Å². The molecule has 0 aromatic heterocycles. The summed E-state index contributed by atoms with van der Waals surface area (Å²) >= 11 is 0. The number of hydrogen-bond acceptors (Lipinski definition) is 3. The van der Waals surface area contributed by atoms with Crippen LogP contribution in [0.5, 0.6) is 0 Å². The molecule has 21 heavy (non-hydrogen) atoms. The van der Waals surface area contributed by atoms with Crippen LogP contribution in [0.2, 0.25) is 0 Å². The van der Waals surface area contributed by atoms with Crippen LogP contribution >= 0.6 is 0 Å². The Kier molecular flexibility index (Phi) is 6.97. The standard InChI is InChI=1S/C10H16.C8H19NO2/c1-7-2-9-4-8(1)5-10(3-7)6-9;1-4-9(5-2)6-8(10)7-11-3/h7-10H,1-6H2;8,10H,4-7H2,1-3H3. The molecule has 3 nitrogen and oxygen atoms in total. The summed E-state index contributed by atoms with van der Waals surface area (Å²) in [4.78, 5) is 2.17. The van der Waals surface area contributed by atoms with Crippen LogP contribution in [0.3, 0.4) is 0 Å². The Hall–Kier alpha value is -0.120. The fourth-order valence-corrected chi connectivity index (χ4v) is 5.01. The molecule has 4 aliphatic carbocycles. The van der Waals surface area contributed by atoms with E-state index < -0.39 is 0 Å². The van der Waals surface area contributed by atoms with Gasteiger partial charge in [-0.3, -0.25) is 0 Å². The average Bonchev–Trinajstić information content (AvgIpc) is 2.44. The van der Waals surface area contributed by atoms with E-state index in [0.717, 1.165) is 13.1 Å². The van der Waals surface area contributed by atoms with Crippen LogP contribution in [0.25, 0.3) is 0 Å². The molecule has 4 rings (SSSR count). The zero-order valence-electron chi connectivity index (χ0n) is 14.3. The molecule has 4 bridgehead atoms. The topological polar surface area (TPSA) is 32.7 Å². The van der Waals surface area contributed by atoms with Crippen molar-refractivity contribution in [3.8, 4) is 0 Å². The summed E-state index contributed by atoms with van der Waals surface area (Å²) in [7, 11) is 1.60. The van der Waals surface area contributed by atoms with Crippen molar-refractivity contribution in [2.75, 3.05) is 33.4 Å². The predicted molar refractivity (Wildman–Crippen MR) is 87.3 cm³/mol. The van der Waals surface area contributed by atoms with Crippen LogP contribution in [0, 0.1) is 23.7 Å². The van der Waals surface area contributed by atoms with Gasteiger partial charge in [0.25, 0.3) is 0 Å². The van der Waals surface area contributed by atoms with Crippen LogP contribution in [0.15, 0.2) is 0 Å². The van der Waals surface area contributed by atoms with Gasteiger partial charge in [0, 0.05) is 13.7 Å². The third kappa shape index (κ3) is 5.22. The molecule has 1 unspecified atom stereocenters. The molecule has 0 aromatic carbocycles. The quantitative estimate of drug-likeness (QED) is 0.817. The van der Waals surface area contributed by atoms with Crippen molar-refractivity contribution in [3.63, 3.8) is 0 Å². The van der Waals surface area contributed by atoms with E-state index in [1.165, 1.54) is 23.7 Å². The molecule has 124 valence electrons. The fraction of sp³-hybridized carbons (Fsp3) is 1.00. The molecule has 4 aliphatic rings. The number of aliphatic hydroxyl groups is 1. The predicted octanol–water partition coefficient (Wildman–Crippen LogP) is 3.17. The first-order chi connectivity index (χ1) is 10.1. The summed E-state index contributed by atoms with van der Waals surface area (Å²) in [5.74, 6) is 4.71. The zero-order chi connectivity index (χ0) is 15.2. The van der Waals surface area contributed by atoms with E-state index in [0.29, 0.717) is 13.2 Å². The number of nitrogens with zero attached hydrogens (tertiary/aromatic N) is 1. The first-order valence-electron chi connectivity index (χ1n) is 9.03. The summed E-state index contributed by atoms with van der Waals surface area (Å²) in [5.41, 5.74) is 0. The maximum Gasteiger partial charge on any atom is 0.0900 e. The fourth-order valence-electron chi connectivity index (χ4n) is 5.01. The Balaban J connectivity index is 0.000000153. The van der Waals surface area contributed by atoms with Gasteiger partial charge in [-0.05, 0) is 75.3 Å². The van der Waals surface area contributed by atoms with Crippen molar-refractivity contribution in [1.82, 2.24) is 4.90 Å². The lowest BCUT2D eigenvalue weighted by Gasteiger charge is -2.49. The molecular formula is C18H35NO2. The third-order valence-electron chi connectivity index (χ3n) is 5.72. The van der Waals surface area contributed by atoms with E-state index in [-0.39, 0.29) is 6.10 Å². The molecular weight excluding hydrogens is 262 g/mol. The molecule has 1 N–H and O–H groups in total. The van der Waals surface area contributed by atoms with E-state index in [2.05, 4.69) is 18.7 Å². The summed E-state index contributed by atoms with van der Waals surface area (Å²) in [6, 6.07) is 0.